The lowest BCUT2D eigenvalue weighted by Crippen LogP contribution is -2.28. The van der Waals surface area contributed by atoms with Gasteiger partial charge in [-0.05, 0) is 29.8 Å². The summed E-state index contributed by atoms with van der Waals surface area (Å²) in [6.45, 7) is 0.843. The van der Waals surface area contributed by atoms with Crippen LogP contribution in [0.15, 0.2) is 85.3 Å². The van der Waals surface area contributed by atoms with Gasteiger partial charge in [0.2, 0.25) is 0 Å². The molecule has 0 aliphatic heterocycles. The quantitative estimate of drug-likeness (QED) is 0.348. The average Bonchev–Trinajstić information content (AvgIpc) is 3.54. The van der Waals surface area contributed by atoms with Crippen LogP contribution in [0.1, 0.15) is 11.4 Å². The van der Waals surface area contributed by atoms with Gasteiger partial charge in [0.25, 0.3) is 0 Å². The van der Waals surface area contributed by atoms with Crippen molar-refractivity contribution >= 4 is 11.7 Å². The lowest BCUT2D eigenvalue weighted by Gasteiger charge is -2.07. The molecule has 0 fully saturated rings. The molecule has 3 N–H and O–H groups in total. The van der Waals surface area contributed by atoms with Gasteiger partial charge in [-0.3, -0.25) is 10.1 Å². The van der Waals surface area contributed by atoms with Gasteiger partial charge in [0.05, 0.1) is 19.3 Å². The topological polar surface area (TPSA) is 126 Å². The molecule has 0 spiro atoms. The summed E-state index contributed by atoms with van der Waals surface area (Å²) in [6, 6.07) is 20.8. The molecule has 0 bridgehead atoms. The molecule has 2 aromatic carbocycles. The Labute approximate surface area is 195 Å². The smallest absolute Gasteiger partial charge is 0.319 e. The molecule has 0 radical (unpaired) electrons. The molecule has 0 atom stereocenters. The maximum atomic E-state index is 12.4. The van der Waals surface area contributed by atoms with E-state index in [0.29, 0.717) is 23.9 Å². The number of amides is 2. The SMILES string of the molecule is O=C(NCc1nc(-c2ccncc2)n[nH]1)Nc1cccc(-c2cn(Cc3ccccc3)nn2)c1. The van der Waals surface area contributed by atoms with Crippen LogP contribution in [0.4, 0.5) is 10.5 Å². The van der Waals surface area contributed by atoms with Crippen molar-refractivity contribution in [1.29, 1.82) is 0 Å². The van der Waals surface area contributed by atoms with Crippen molar-refractivity contribution in [1.82, 2.24) is 40.5 Å². The number of H-pyrrole nitrogens is 1. The first-order valence-electron chi connectivity index (χ1n) is 10.6. The second kappa shape index (κ2) is 9.74. The van der Waals surface area contributed by atoms with E-state index in [2.05, 4.69) is 41.1 Å². The van der Waals surface area contributed by atoms with Crippen LogP contribution in [0.3, 0.4) is 0 Å². The van der Waals surface area contributed by atoms with E-state index >= 15 is 0 Å². The second-order valence-corrected chi connectivity index (χ2v) is 7.52. The molecule has 3 heterocycles. The molecule has 168 valence electrons. The van der Waals surface area contributed by atoms with Crippen molar-refractivity contribution in [2.45, 2.75) is 13.1 Å². The standard InChI is InChI=1S/C24H21N9O/c34-24(26-14-22-28-23(31-30-22)18-9-11-25-12-10-18)27-20-8-4-7-19(13-20)21-16-33(32-29-21)15-17-5-2-1-3-6-17/h1-13,16H,14-15H2,(H2,26,27,34)(H,28,30,31). The molecule has 2 amide bonds. The minimum Gasteiger partial charge on any atom is -0.331 e. The van der Waals surface area contributed by atoms with Crippen LogP contribution in [0, 0.1) is 0 Å². The number of aromatic nitrogens is 7. The summed E-state index contributed by atoms with van der Waals surface area (Å²) >= 11 is 0. The first kappa shape index (κ1) is 21.0. The molecule has 0 saturated carbocycles. The van der Waals surface area contributed by atoms with Crippen LogP contribution in [-0.2, 0) is 13.1 Å². The highest BCUT2D eigenvalue weighted by atomic mass is 16.2. The minimum absolute atomic E-state index is 0.206. The zero-order valence-electron chi connectivity index (χ0n) is 18.1. The number of carbonyl (C=O) groups excluding carboxylic acids is 1. The number of rotatable bonds is 7. The fourth-order valence-corrected chi connectivity index (χ4v) is 3.38. The van der Waals surface area contributed by atoms with Crippen molar-refractivity contribution in [2.75, 3.05) is 5.32 Å². The molecule has 5 rings (SSSR count). The molecule has 34 heavy (non-hydrogen) atoms. The zero-order chi connectivity index (χ0) is 23.2. The highest BCUT2D eigenvalue weighted by molar-refractivity contribution is 5.89. The first-order chi connectivity index (χ1) is 16.7. The van der Waals surface area contributed by atoms with Crippen molar-refractivity contribution in [3.8, 4) is 22.6 Å². The van der Waals surface area contributed by atoms with Gasteiger partial charge in [-0.15, -0.1) is 5.10 Å². The van der Waals surface area contributed by atoms with Gasteiger partial charge in [-0.1, -0.05) is 47.7 Å². The van der Waals surface area contributed by atoms with E-state index in [9.17, 15) is 4.79 Å². The number of anilines is 1. The molecule has 3 aromatic heterocycles. The van der Waals surface area contributed by atoms with Gasteiger partial charge >= 0.3 is 6.03 Å². The lowest BCUT2D eigenvalue weighted by atomic mass is 10.1. The third-order valence-corrected chi connectivity index (χ3v) is 5.03. The van der Waals surface area contributed by atoms with Crippen LogP contribution in [0.25, 0.3) is 22.6 Å². The van der Waals surface area contributed by atoms with E-state index in [1.807, 2.05) is 72.9 Å². The first-order valence-corrected chi connectivity index (χ1v) is 10.6. The Kier molecular flexibility index (Phi) is 6.02. The second-order valence-electron chi connectivity index (χ2n) is 7.52. The molecular formula is C24H21N9O. The van der Waals surface area contributed by atoms with E-state index in [1.165, 1.54) is 0 Å². The van der Waals surface area contributed by atoms with Crippen LogP contribution in [0.5, 0.6) is 0 Å². The Bertz CT molecular complexity index is 1380. The summed E-state index contributed by atoms with van der Waals surface area (Å²) < 4.78 is 1.79. The monoisotopic (exact) mass is 451 g/mol. The van der Waals surface area contributed by atoms with Crippen molar-refractivity contribution in [3.63, 3.8) is 0 Å². The third kappa shape index (κ3) is 5.13. The largest absolute Gasteiger partial charge is 0.331 e. The summed E-state index contributed by atoms with van der Waals surface area (Å²) in [5, 5.41) is 21.1. The average molecular weight is 451 g/mol. The maximum Gasteiger partial charge on any atom is 0.319 e. The molecule has 5 aromatic rings. The van der Waals surface area contributed by atoms with Gasteiger partial charge in [0, 0.05) is 29.2 Å². The van der Waals surface area contributed by atoms with Gasteiger partial charge in [0.15, 0.2) is 5.82 Å². The Hall–Kier alpha value is -4.86. The molecule has 10 heteroatoms. The molecule has 0 aliphatic rings. The maximum absolute atomic E-state index is 12.4. The molecule has 10 nitrogen and oxygen atoms in total. The summed E-state index contributed by atoms with van der Waals surface area (Å²) in [5.41, 5.74) is 4.22. The number of nitrogens with one attached hydrogen (secondary N) is 3. The Balaban J connectivity index is 1.18. The van der Waals surface area contributed by atoms with E-state index < -0.39 is 0 Å². The van der Waals surface area contributed by atoms with Gasteiger partial charge in [-0.2, -0.15) is 5.10 Å². The van der Waals surface area contributed by atoms with E-state index in [1.54, 1.807) is 17.1 Å². The zero-order valence-corrected chi connectivity index (χ0v) is 18.1. The Morgan fingerprint density at radius 3 is 2.68 bits per heavy atom. The fourth-order valence-electron chi connectivity index (χ4n) is 3.38. The molecule has 0 unspecified atom stereocenters. The predicted octanol–water partition coefficient (Wildman–Crippen LogP) is 3.50. The van der Waals surface area contributed by atoms with Gasteiger partial charge in [0.1, 0.15) is 11.5 Å². The summed E-state index contributed by atoms with van der Waals surface area (Å²) in [4.78, 5) is 20.8. The summed E-state index contributed by atoms with van der Waals surface area (Å²) in [6.07, 6.45) is 5.24. The Morgan fingerprint density at radius 2 is 1.82 bits per heavy atom. The van der Waals surface area contributed by atoms with Crippen LogP contribution < -0.4 is 10.6 Å². The fraction of sp³-hybridized carbons (Fsp3) is 0.0833. The number of hydrogen-bond donors (Lipinski definition) is 3. The highest BCUT2D eigenvalue weighted by Crippen LogP contribution is 2.21. The summed E-state index contributed by atoms with van der Waals surface area (Å²) in [7, 11) is 0. The number of aromatic amines is 1. The van der Waals surface area contributed by atoms with E-state index in [-0.39, 0.29) is 12.6 Å². The predicted molar refractivity (Wildman–Crippen MR) is 126 cm³/mol. The molecule has 0 saturated heterocycles. The van der Waals surface area contributed by atoms with Crippen LogP contribution in [0.2, 0.25) is 0 Å². The van der Waals surface area contributed by atoms with E-state index in [4.69, 9.17) is 0 Å². The highest BCUT2D eigenvalue weighted by Gasteiger charge is 2.09. The van der Waals surface area contributed by atoms with Crippen LogP contribution in [-0.4, -0.2) is 41.2 Å². The number of urea groups is 1. The normalized spacial score (nSPS) is 10.7. The van der Waals surface area contributed by atoms with Crippen LogP contribution >= 0.6 is 0 Å². The summed E-state index contributed by atoms with van der Waals surface area (Å²) in [5.74, 6) is 1.10. The van der Waals surface area contributed by atoms with Crippen molar-refractivity contribution < 1.29 is 4.79 Å². The number of carbonyl (C=O) groups is 1. The minimum atomic E-state index is -0.355. The number of hydrogen-bond acceptors (Lipinski definition) is 6. The lowest BCUT2D eigenvalue weighted by molar-refractivity contribution is 0.251. The number of nitrogens with zero attached hydrogens (tertiary/aromatic N) is 6. The third-order valence-electron chi connectivity index (χ3n) is 5.03. The molecular weight excluding hydrogens is 430 g/mol. The molecule has 0 aliphatic carbocycles. The van der Waals surface area contributed by atoms with E-state index in [0.717, 1.165) is 22.4 Å². The number of benzene rings is 2. The van der Waals surface area contributed by atoms with Crippen molar-refractivity contribution in [2.24, 2.45) is 0 Å². The Morgan fingerprint density at radius 1 is 0.971 bits per heavy atom. The van der Waals surface area contributed by atoms with Gasteiger partial charge < -0.3 is 10.6 Å². The van der Waals surface area contributed by atoms with Gasteiger partial charge in [-0.25, -0.2) is 14.5 Å². The van der Waals surface area contributed by atoms with Crippen molar-refractivity contribution in [3.05, 3.63) is 96.7 Å². The number of pyridine rings is 1.